The quantitative estimate of drug-likeness (QED) is 0.436. The number of ether oxygens (including phenoxy) is 2. The van der Waals surface area contributed by atoms with Gasteiger partial charge in [0, 0.05) is 30.4 Å². The van der Waals surface area contributed by atoms with Crippen LogP contribution >= 0.6 is 0 Å². The summed E-state index contributed by atoms with van der Waals surface area (Å²) in [5.74, 6) is 2.86. The number of rotatable bonds is 8. The second-order valence-electron chi connectivity index (χ2n) is 7.54. The molecule has 0 unspecified atom stereocenters. The summed E-state index contributed by atoms with van der Waals surface area (Å²) in [7, 11) is 3.16. The minimum Gasteiger partial charge on any atom is -0.497 e. The third-order valence-corrected chi connectivity index (χ3v) is 4.96. The number of aromatic nitrogens is 5. The second kappa shape index (κ2) is 9.51. The van der Waals surface area contributed by atoms with Crippen molar-refractivity contribution in [3.8, 4) is 28.8 Å². The molecular weight excluding hydrogens is 424 g/mol. The first-order chi connectivity index (χ1) is 16.0. The van der Waals surface area contributed by atoms with Gasteiger partial charge >= 0.3 is 0 Å². The summed E-state index contributed by atoms with van der Waals surface area (Å²) >= 11 is 0. The Morgan fingerprint density at radius 3 is 2.67 bits per heavy atom. The maximum atomic E-state index is 12.6. The fourth-order valence-corrected chi connectivity index (χ4v) is 3.10. The fraction of sp³-hybridized carbons (Fsp3) is 0.261. The monoisotopic (exact) mass is 448 g/mol. The van der Waals surface area contributed by atoms with Gasteiger partial charge in [0.05, 0.1) is 19.8 Å². The summed E-state index contributed by atoms with van der Waals surface area (Å²) < 4.78 is 17.6. The zero-order valence-corrected chi connectivity index (χ0v) is 18.8. The van der Waals surface area contributed by atoms with Gasteiger partial charge in [-0.15, -0.1) is 0 Å². The summed E-state index contributed by atoms with van der Waals surface area (Å²) in [6.07, 6.45) is 4.79. The number of carbonyl (C=O) groups excluding carboxylic acids is 1. The fourth-order valence-electron chi connectivity index (χ4n) is 3.10. The molecule has 0 aliphatic rings. The number of methoxy groups -OCH3 is 2. The van der Waals surface area contributed by atoms with Crippen LogP contribution in [0.2, 0.25) is 0 Å². The third kappa shape index (κ3) is 4.84. The first-order valence-electron chi connectivity index (χ1n) is 10.3. The van der Waals surface area contributed by atoms with Crippen LogP contribution in [0.5, 0.6) is 11.5 Å². The molecule has 0 aliphatic heterocycles. The topological polar surface area (TPSA) is 117 Å². The molecule has 1 N–H and O–H groups in total. The molecule has 0 saturated heterocycles. The number of nitrogens with zero attached hydrogens (tertiary/aromatic N) is 5. The predicted molar refractivity (Wildman–Crippen MR) is 119 cm³/mol. The highest BCUT2D eigenvalue weighted by Crippen LogP contribution is 2.24. The molecule has 1 aromatic carbocycles. The number of imidazole rings is 1. The van der Waals surface area contributed by atoms with Crippen molar-refractivity contribution < 1.29 is 18.8 Å². The molecular formula is C23H24N6O4. The van der Waals surface area contributed by atoms with E-state index in [1.807, 2.05) is 26.0 Å². The van der Waals surface area contributed by atoms with Gasteiger partial charge in [-0.25, -0.2) is 9.97 Å². The Balaban J connectivity index is 1.43. The maximum Gasteiger partial charge on any atom is 0.271 e. The van der Waals surface area contributed by atoms with Crippen molar-refractivity contribution in [2.75, 3.05) is 14.2 Å². The summed E-state index contributed by atoms with van der Waals surface area (Å²) in [4.78, 5) is 25.6. The molecule has 33 heavy (non-hydrogen) atoms. The maximum absolute atomic E-state index is 12.6. The molecule has 0 saturated carbocycles. The van der Waals surface area contributed by atoms with E-state index in [0.29, 0.717) is 34.6 Å². The third-order valence-electron chi connectivity index (χ3n) is 4.96. The van der Waals surface area contributed by atoms with Crippen LogP contribution in [0.15, 0.2) is 53.6 Å². The molecule has 1 amide bonds. The van der Waals surface area contributed by atoms with Gasteiger partial charge < -0.3 is 19.3 Å². The van der Waals surface area contributed by atoms with Crippen LogP contribution in [-0.4, -0.2) is 44.8 Å². The normalized spacial score (nSPS) is 10.9. The molecule has 3 heterocycles. The van der Waals surface area contributed by atoms with Crippen molar-refractivity contribution in [2.45, 2.75) is 26.3 Å². The average Bonchev–Trinajstić information content (AvgIpc) is 3.53. The Morgan fingerprint density at radius 1 is 1.15 bits per heavy atom. The first kappa shape index (κ1) is 22.0. The van der Waals surface area contributed by atoms with E-state index in [2.05, 4.69) is 25.4 Å². The van der Waals surface area contributed by atoms with Gasteiger partial charge in [0.15, 0.2) is 5.82 Å². The summed E-state index contributed by atoms with van der Waals surface area (Å²) in [5.41, 5.74) is 1.77. The van der Waals surface area contributed by atoms with Gasteiger partial charge in [0.1, 0.15) is 29.3 Å². The molecule has 3 aromatic heterocycles. The molecule has 4 aromatic rings. The molecule has 170 valence electrons. The number of hydrogen-bond acceptors (Lipinski definition) is 8. The molecule has 0 spiro atoms. The lowest BCUT2D eigenvalue weighted by Crippen LogP contribution is -2.23. The number of benzene rings is 1. The van der Waals surface area contributed by atoms with Gasteiger partial charge in [0.25, 0.3) is 11.8 Å². The SMILES string of the molecule is COc1ccc(OC)c(CNC(=O)c2cn(-c3ccc(-c4nc(C(C)C)no4)cn3)cn2)c1. The lowest BCUT2D eigenvalue weighted by molar-refractivity contribution is 0.0946. The molecule has 0 bridgehead atoms. The van der Waals surface area contributed by atoms with E-state index < -0.39 is 0 Å². The Hall–Kier alpha value is -4.21. The van der Waals surface area contributed by atoms with Crippen LogP contribution in [0, 0.1) is 0 Å². The highest BCUT2D eigenvalue weighted by Gasteiger charge is 2.14. The zero-order chi connectivity index (χ0) is 23.4. The van der Waals surface area contributed by atoms with E-state index in [1.54, 1.807) is 49.4 Å². The van der Waals surface area contributed by atoms with Crippen molar-refractivity contribution in [1.82, 2.24) is 30.0 Å². The van der Waals surface area contributed by atoms with Crippen molar-refractivity contribution in [1.29, 1.82) is 0 Å². The van der Waals surface area contributed by atoms with E-state index in [9.17, 15) is 4.79 Å². The molecule has 10 nitrogen and oxygen atoms in total. The molecule has 0 fully saturated rings. The van der Waals surface area contributed by atoms with Gasteiger partial charge in [-0.3, -0.25) is 9.36 Å². The van der Waals surface area contributed by atoms with E-state index in [4.69, 9.17) is 14.0 Å². The molecule has 0 radical (unpaired) electrons. The van der Waals surface area contributed by atoms with Crippen molar-refractivity contribution in [3.05, 3.63) is 66.1 Å². The highest BCUT2D eigenvalue weighted by molar-refractivity contribution is 5.92. The minimum atomic E-state index is -0.317. The summed E-state index contributed by atoms with van der Waals surface area (Å²) in [6, 6.07) is 9.03. The number of pyridine rings is 1. The smallest absolute Gasteiger partial charge is 0.271 e. The van der Waals surface area contributed by atoms with Crippen molar-refractivity contribution in [2.24, 2.45) is 0 Å². The Bertz CT molecular complexity index is 1250. The van der Waals surface area contributed by atoms with Crippen molar-refractivity contribution >= 4 is 5.91 Å². The molecule has 0 aliphatic carbocycles. The van der Waals surface area contributed by atoms with Crippen LogP contribution in [0.3, 0.4) is 0 Å². The lowest BCUT2D eigenvalue weighted by atomic mass is 10.2. The molecule has 10 heteroatoms. The van der Waals surface area contributed by atoms with Crippen molar-refractivity contribution in [3.63, 3.8) is 0 Å². The van der Waals surface area contributed by atoms with E-state index in [1.165, 1.54) is 6.33 Å². The number of nitrogens with one attached hydrogen (secondary N) is 1. The van der Waals surface area contributed by atoms with Crippen LogP contribution in [0.4, 0.5) is 0 Å². The van der Waals surface area contributed by atoms with Gasteiger partial charge in [-0.2, -0.15) is 4.98 Å². The van der Waals surface area contributed by atoms with Gasteiger partial charge in [-0.1, -0.05) is 19.0 Å². The van der Waals surface area contributed by atoms with Gasteiger partial charge in [-0.05, 0) is 30.3 Å². The second-order valence-corrected chi connectivity index (χ2v) is 7.54. The van der Waals surface area contributed by atoms with E-state index >= 15 is 0 Å². The van der Waals surface area contributed by atoms with E-state index in [-0.39, 0.29) is 24.1 Å². The predicted octanol–water partition coefficient (Wildman–Crippen LogP) is 3.39. The highest BCUT2D eigenvalue weighted by atomic mass is 16.5. The van der Waals surface area contributed by atoms with Gasteiger partial charge in [0.2, 0.25) is 0 Å². The largest absolute Gasteiger partial charge is 0.497 e. The van der Waals surface area contributed by atoms with Crippen LogP contribution in [-0.2, 0) is 6.54 Å². The first-order valence-corrected chi connectivity index (χ1v) is 10.3. The number of amides is 1. The Kier molecular flexibility index (Phi) is 6.34. The summed E-state index contributed by atoms with van der Waals surface area (Å²) in [6.45, 7) is 4.26. The minimum absolute atomic E-state index is 0.176. The standard InChI is InChI=1S/C23H24N6O4/c1-14(2)21-27-23(33-28-21)15-5-8-20(24-10-15)29-12-18(26-13-29)22(30)25-11-16-9-17(31-3)6-7-19(16)32-4/h5-10,12-14H,11H2,1-4H3,(H,25,30). The van der Waals surface area contributed by atoms with Crippen LogP contribution in [0.1, 0.15) is 41.6 Å². The van der Waals surface area contributed by atoms with Crippen LogP contribution < -0.4 is 14.8 Å². The molecule has 4 rings (SSSR count). The zero-order valence-electron chi connectivity index (χ0n) is 18.8. The molecule has 0 atom stereocenters. The number of carbonyl (C=O) groups is 1. The Morgan fingerprint density at radius 2 is 2.00 bits per heavy atom. The summed E-state index contributed by atoms with van der Waals surface area (Å²) in [5, 5.41) is 6.82. The Labute approximate surface area is 190 Å². The lowest BCUT2D eigenvalue weighted by Gasteiger charge is -2.11. The number of hydrogen-bond donors (Lipinski definition) is 1. The average molecular weight is 448 g/mol. The van der Waals surface area contributed by atoms with Crippen LogP contribution in [0.25, 0.3) is 17.3 Å². The van der Waals surface area contributed by atoms with E-state index in [0.717, 1.165) is 5.56 Å².